The maximum atomic E-state index is 2.51. The van der Waals surface area contributed by atoms with Gasteiger partial charge in [-0.1, -0.05) is 152 Å². The summed E-state index contributed by atoms with van der Waals surface area (Å²) in [6.07, 6.45) is 0. The molecule has 12 rings (SSSR count). The zero-order valence-electron chi connectivity index (χ0n) is 31.3. The van der Waals surface area contributed by atoms with Gasteiger partial charge in [0.05, 0.1) is 32.8 Å². The van der Waals surface area contributed by atoms with E-state index in [-0.39, 0.29) is 0 Å². The van der Waals surface area contributed by atoms with E-state index in [2.05, 4.69) is 216 Å². The number of anilines is 3. The summed E-state index contributed by atoms with van der Waals surface area (Å²) in [5, 5.41) is 7.67. The molecule has 0 fully saturated rings. The normalized spacial score (nSPS) is 11.8. The smallest absolute Gasteiger partial charge is 0.0640 e. The van der Waals surface area contributed by atoms with Crippen molar-refractivity contribution in [2.75, 3.05) is 4.90 Å². The second-order valence-corrected chi connectivity index (χ2v) is 17.0. The molecule has 0 bridgehead atoms. The number of nitrogens with zero attached hydrogens (tertiary/aromatic N) is 2. The molecule has 0 amide bonds. The third kappa shape index (κ3) is 5.16. The Balaban J connectivity index is 1.11. The Morgan fingerprint density at radius 3 is 1.74 bits per heavy atom. The Labute approximate surface area is 343 Å². The van der Waals surface area contributed by atoms with E-state index in [0.717, 1.165) is 17.1 Å². The average molecular weight is 775 g/mol. The number of fused-ring (bicyclic) bond motifs is 9. The van der Waals surface area contributed by atoms with Crippen molar-refractivity contribution in [1.82, 2.24) is 4.57 Å². The van der Waals surface area contributed by atoms with E-state index in [1.807, 2.05) is 22.7 Å². The van der Waals surface area contributed by atoms with Crippen molar-refractivity contribution in [3.63, 3.8) is 0 Å². The highest BCUT2D eigenvalue weighted by molar-refractivity contribution is 7.26. The number of thiophene rings is 2. The SMILES string of the molecule is c1ccc(-c2ccc3c(c2)sc2cc(N(c4ccccc4-c4ccccc4-n4c5ccccc5c5ccccc54)c4cccc5c4sc4ccccc45)ccc23)cc1. The maximum absolute atomic E-state index is 2.51. The van der Waals surface area contributed by atoms with Gasteiger partial charge in [0.1, 0.15) is 0 Å². The number of hydrogen-bond donors (Lipinski definition) is 0. The molecular formula is C54H34N2S2. The zero-order chi connectivity index (χ0) is 38.2. The molecule has 3 aromatic heterocycles. The number of rotatable bonds is 6. The summed E-state index contributed by atoms with van der Waals surface area (Å²) in [7, 11) is 0. The highest BCUT2D eigenvalue weighted by Crippen LogP contribution is 2.49. The lowest BCUT2D eigenvalue weighted by atomic mass is 9.99. The summed E-state index contributed by atoms with van der Waals surface area (Å²) < 4.78 is 7.59. The zero-order valence-corrected chi connectivity index (χ0v) is 33.0. The van der Waals surface area contributed by atoms with Gasteiger partial charge in [-0.05, 0) is 65.7 Å². The summed E-state index contributed by atoms with van der Waals surface area (Å²) in [6, 6.07) is 75.7. The number of para-hydroxylation sites is 4. The van der Waals surface area contributed by atoms with Gasteiger partial charge >= 0.3 is 0 Å². The van der Waals surface area contributed by atoms with Crippen LogP contribution in [0.5, 0.6) is 0 Å². The molecule has 0 aliphatic rings. The standard InChI is InChI=1S/C54H34N2S2/c1-2-15-35(16-3-1)36-29-31-43-44-32-30-37(34-53(44)57-52(43)33-36)55(50-27-14-22-45-42-21-8-13-28-51(42)58-54(45)50)46-23-9-4-17-38(46)39-18-5-10-24-47(39)56-48-25-11-6-19-40(48)41-20-7-12-26-49(41)56/h1-34H. The Hall–Kier alpha value is -6.98. The molecule has 0 spiro atoms. The minimum Gasteiger partial charge on any atom is -0.309 e. The van der Waals surface area contributed by atoms with Crippen molar-refractivity contribution in [2.45, 2.75) is 0 Å². The van der Waals surface area contributed by atoms with Crippen LogP contribution in [-0.4, -0.2) is 4.57 Å². The van der Waals surface area contributed by atoms with Gasteiger partial charge in [-0.2, -0.15) is 0 Å². The fourth-order valence-electron chi connectivity index (χ4n) is 9.01. The second kappa shape index (κ2) is 13.3. The monoisotopic (exact) mass is 774 g/mol. The third-order valence-electron chi connectivity index (χ3n) is 11.6. The molecule has 0 aliphatic carbocycles. The fraction of sp³-hybridized carbons (Fsp3) is 0. The second-order valence-electron chi connectivity index (χ2n) is 14.9. The van der Waals surface area contributed by atoms with Gasteiger partial charge in [0.25, 0.3) is 0 Å². The van der Waals surface area contributed by atoms with Gasteiger partial charge in [0.2, 0.25) is 0 Å². The minimum absolute atomic E-state index is 1.13. The lowest BCUT2D eigenvalue weighted by Gasteiger charge is -2.29. The molecule has 0 radical (unpaired) electrons. The minimum atomic E-state index is 1.13. The maximum Gasteiger partial charge on any atom is 0.0640 e. The van der Waals surface area contributed by atoms with Crippen molar-refractivity contribution < 1.29 is 0 Å². The predicted molar refractivity (Wildman–Crippen MR) is 252 cm³/mol. The molecule has 9 aromatic carbocycles. The van der Waals surface area contributed by atoms with Crippen LogP contribution in [0.3, 0.4) is 0 Å². The fourth-order valence-corrected chi connectivity index (χ4v) is 11.4. The van der Waals surface area contributed by atoms with Crippen LogP contribution in [0, 0.1) is 0 Å². The quantitative estimate of drug-likeness (QED) is 0.163. The van der Waals surface area contributed by atoms with Crippen molar-refractivity contribution in [3.05, 3.63) is 206 Å². The molecular weight excluding hydrogens is 741 g/mol. The van der Waals surface area contributed by atoms with Crippen molar-refractivity contribution >= 4 is 102 Å². The Bertz CT molecular complexity index is 3480. The van der Waals surface area contributed by atoms with E-state index in [1.165, 1.54) is 90.1 Å². The summed E-state index contributed by atoms with van der Waals surface area (Å²) in [6.45, 7) is 0. The van der Waals surface area contributed by atoms with E-state index in [0.29, 0.717) is 0 Å². The van der Waals surface area contributed by atoms with Crippen LogP contribution in [0.2, 0.25) is 0 Å². The Morgan fingerprint density at radius 2 is 0.931 bits per heavy atom. The van der Waals surface area contributed by atoms with Gasteiger partial charge in [0.15, 0.2) is 0 Å². The summed E-state index contributed by atoms with van der Waals surface area (Å²) >= 11 is 3.75. The van der Waals surface area contributed by atoms with Crippen LogP contribution in [0.25, 0.3) is 90.1 Å². The van der Waals surface area contributed by atoms with Crippen molar-refractivity contribution in [3.8, 4) is 27.9 Å². The molecule has 0 aliphatic heterocycles. The van der Waals surface area contributed by atoms with Crippen molar-refractivity contribution in [2.24, 2.45) is 0 Å². The number of benzene rings is 9. The molecule has 0 unspecified atom stereocenters. The molecule has 272 valence electrons. The van der Waals surface area contributed by atoms with Gasteiger partial charge < -0.3 is 9.47 Å². The van der Waals surface area contributed by atoms with Gasteiger partial charge in [-0.3, -0.25) is 0 Å². The average Bonchev–Trinajstić information content (AvgIpc) is 3.96. The summed E-state index contributed by atoms with van der Waals surface area (Å²) in [4.78, 5) is 2.51. The topological polar surface area (TPSA) is 8.17 Å². The summed E-state index contributed by atoms with van der Waals surface area (Å²) in [5.41, 5.74) is 11.8. The molecule has 58 heavy (non-hydrogen) atoms. The van der Waals surface area contributed by atoms with E-state index in [1.54, 1.807) is 0 Å². The molecule has 2 nitrogen and oxygen atoms in total. The lowest BCUT2D eigenvalue weighted by Crippen LogP contribution is -2.11. The highest BCUT2D eigenvalue weighted by atomic mass is 32.1. The predicted octanol–water partition coefficient (Wildman–Crippen LogP) is 16.3. The first kappa shape index (κ1) is 33.2. The Kier molecular flexibility index (Phi) is 7.62. The van der Waals surface area contributed by atoms with Crippen molar-refractivity contribution in [1.29, 1.82) is 0 Å². The first-order valence-corrected chi connectivity index (χ1v) is 21.3. The molecule has 0 atom stereocenters. The van der Waals surface area contributed by atoms with Crippen LogP contribution in [-0.2, 0) is 0 Å². The largest absolute Gasteiger partial charge is 0.309 e. The van der Waals surface area contributed by atoms with E-state index in [4.69, 9.17) is 0 Å². The molecule has 4 heteroatoms. The van der Waals surface area contributed by atoms with Crippen LogP contribution >= 0.6 is 22.7 Å². The Morgan fingerprint density at radius 1 is 0.345 bits per heavy atom. The van der Waals surface area contributed by atoms with Crippen LogP contribution in [0.4, 0.5) is 17.1 Å². The van der Waals surface area contributed by atoms with Crippen LogP contribution < -0.4 is 4.90 Å². The number of hydrogen-bond acceptors (Lipinski definition) is 3. The van der Waals surface area contributed by atoms with Gasteiger partial charge in [-0.15, -0.1) is 22.7 Å². The van der Waals surface area contributed by atoms with E-state index >= 15 is 0 Å². The third-order valence-corrected chi connectivity index (χ3v) is 13.9. The van der Waals surface area contributed by atoms with Gasteiger partial charge in [-0.25, -0.2) is 0 Å². The molecule has 0 saturated carbocycles. The summed E-state index contributed by atoms with van der Waals surface area (Å²) in [5.74, 6) is 0. The first-order valence-electron chi connectivity index (χ1n) is 19.7. The molecule has 12 aromatic rings. The molecule has 0 saturated heterocycles. The molecule has 0 N–H and O–H groups in total. The van der Waals surface area contributed by atoms with Crippen LogP contribution in [0.15, 0.2) is 206 Å². The van der Waals surface area contributed by atoms with Gasteiger partial charge in [0, 0.05) is 63.2 Å². The van der Waals surface area contributed by atoms with E-state index < -0.39 is 0 Å². The first-order chi connectivity index (χ1) is 28.8. The molecule has 3 heterocycles. The van der Waals surface area contributed by atoms with E-state index in [9.17, 15) is 0 Å². The highest BCUT2D eigenvalue weighted by Gasteiger charge is 2.24. The van der Waals surface area contributed by atoms with Crippen LogP contribution in [0.1, 0.15) is 0 Å². The lowest BCUT2D eigenvalue weighted by molar-refractivity contribution is 1.18. The number of aromatic nitrogens is 1.